The van der Waals surface area contributed by atoms with Crippen LogP contribution in [0, 0.1) is 6.92 Å². The predicted molar refractivity (Wildman–Crippen MR) is 85.4 cm³/mol. The van der Waals surface area contributed by atoms with Crippen LogP contribution in [0.4, 0.5) is 11.4 Å². The van der Waals surface area contributed by atoms with Crippen molar-refractivity contribution >= 4 is 28.1 Å². The Balaban J connectivity index is 2.09. The van der Waals surface area contributed by atoms with Crippen LogP contribution in [0.25, 0.3) is 10.8 Å². The van der Waals surface area contributed by atoms with Crippen LogP contribution in [-0.4, -0.2) is 11.1 Å². The van der Waals surface area contributed by atoms with Crippen molar-refractivity contribution < 1.29 is 9.90 Å². The topological polar surface area (TPSA) is 49.3 Å². The molecular formula is C18H15NO2. The van der Waals surface area contributed by atoms with E-state index in [1.807, 2.05) is 55.5 Å². The highest BCUT2D eigenvalue weighted by molar-refractivity contribution is 5.99. The molecule has 0 bridgehead atoms. The summed E-state index contributed by atoms with van der Waals surface area (Å²) >= 11 is 0. The number of aromatic carboxylic acids is 1. The monoisotopic (exact) mass is 277 g/mol. The number of carboxylic acids is 1. The summed E-state index contributed by atoms with van der Waals surface area (Å²) in [5.74, 6) is -0.929. The van der Waals surface area contributed by atoms with Gasteiger partial charge >= 0.3 is 5.97 Å². The first-order valence-corrected chi connectivity index (χ1v) is 6.74. The lowest BCUT2D eigenvalue weighted by atomic mass is 10.1. The second-order valence-corrected chi connectivity index (χ2v) is 5.01. The standard InChI is InChI=1S/C18H15NO2/c1-12-9-10-17(15(11-12)18(20)21)19-16-8-4-6-13-5-2-3-7-14(13)16/h2-11,19H,1H3,(H,20,21). The van der Waals surface area contributed by atoms with Crippen molar-refractivity contribution in [3.05, 3.63) is 71.8 Å². The molecule has 0 atom stereocenters. The number of aryl methyl sites for hydroxylation is 1. The van der Waals surface area contributed by atoms with Crippen molar-refractivity contribution in [3.63, 3.8) is 0 Å². The smallest absolute Gasteiger partial charge is 0.337 e. The van der Waals surface area contributed by atoms with Gasteiger partial charge in [-0.2, -0.15) is 0 Å². The SMILES string of the molecule is Cc1ccc(Nc2cccc3ccccc23)c(C(=O)O)c1. The highest BCUT2D eigenvalue weighted by Gasteiger charge is 2.11. The van der Waals surface area contributed by atoms with Crippen molar-refractivity contribution in [1.82, 2.24) is 0 Å². The van der Waals surface area contributed by atoms with E-state index in [1.54, 1.807) is 12.1 Å². The van der Waals surface area contributed by atoms with Gasteiger partial charge in [0, 0.05) is 11.1 Å². The fourth-order valence-corrected chi connectivity index (χ4v) is 2.42. The molecule has 0 aliphatic rings. The molecule has 0 amide bonds. The van der Waals surface area contributed by atoms with E-state index in [4.69, 9.17) is 0 Å². The molecule has 0 aromatic heterocycles. The Labute approximate surface area is 122 Å². The van der Waals surface area contributed by atoms with E-state index < -0.39 is 5.97 Å². The van der Waals surface area contributed by atoms with Gasteiger partial charge in [0.05, 0.1) is 11.3 Å². The van der Waals surface area contributed by atoms with E-state index in [0.717, 1.165) is 22.0 Å². The number of fused-ring (bicyclic) bond motifs is 1. The Morgan fingerprint density at radius 1 is 0.952 bits per heavy atom. The lowest BCUT2D eigenvalue weighted by molar-refractivity contribution is 0.0698. The van der Waals surface area contributed by atoms with Gasteiger partial charge < -0.3 is 10.4 Å². The summed E-state index contributed by atoms with van der Waals surface area (Å²) in [6.45, 7) is 1.88. The number of nitrogens with one attached hydrogen (secondary N) is 1. The lowest BCUT2D eigenvalue weighted by Gasteiger charge is -2.12. The number of carboxylic acid groups (broad SMARTS) is 1. The van der Waals surface area contributed by atoms with Crippen LogP contribution < -0.4 is 5.32 Å². The molecule has 104 valence electrons. The van der Waals surface area contributed by atoms with Gasteiger partial charge in [0.25, 0.3) is 0 Å². The second kappa shape index (κ2) is 5.29. The molecule has 0 spiro atoms. The summed E-state index contributed by atoms with van der Waals surface area (Å²) in [5.41, 5.74) is 2.71. The zero-order valence-corrected chi connectivity index (χ0v) is 11.6. The van der Waals surface area contributed by atoms with Crippen molar-refractivity contribution in [3.8, 4) is 0 Å². The van der Waals surface area contributed by atoms with Crippen molar-refractivity contribution in [2.75, 3.05) is 5.32 Å². The second-order valence-electron chi connectivity index (χ2n) is 5.01. The molecule has 0 unspecified atom stereocenters. The van der Waals surface area contributed by atoms with Crippen LogP contribution in [-0.2, 0) is 0 Å². The third-order valence-corrected chi connectivity index (χ3v) is 3.46. The fourth-order valence-electron chi connectivity index (χ4n) is 2.42. The number of anilines is 2. The molecule has 21 heavy (non-hydrogen) atoms. The van der Waals surface area contributed by atoms with E-state index in [1.165, 1.54) is 0 Å². The minimum atomic E-state index is -0.929. The zero-order valence-electron chi connectivity index (χ0n) is 11.6. The van der Waals surface area contributed by atoms with Gasteiger partial charge in [-0.15, -0.1) is 0 Å². The van der Waals surface area contributed by atoms with E-state index >= 15 is 0 Å². The molecule has 0 saturated carbocycles. The molecule has 0 aliphatic heterocycles. The Bertz CT molecular complexity index is 819. The summed E-state index contributed by atoms with van der Waals surface area (Å²) in [5, 5.41) is 14.8. The first-order chi connectivity index (χ1) is 10.1. The highest BCUT2D eigenvalue weighted by Crippen LogP contribution is 2.28. The number of rotatable bonds is 3. The maximum atomic E-state index is 11.4. The van der Waals surface area contributed by atoms with E-state index in [0.29, 0.717) is 5.69 Å². The van der Waals surface area contributed by atoms with Crippen molar-refractivity contribution in [2.45, 2.75) is 6.92 Å². The Morgan fingerprint density at radius 2 is 1.71 bits per heavy atom. The molecule has 3 nitrogen and oxygen atoms in total. The van der Waals surface area contributed by atoms with Gasteiger partial charge in [0.15, 0.2) is 0 Å². The highest BCUT2D eigenvalue weighted by atomic mass is 16.4. The molecule has 0 fully saturated rings. The normalized spacial score (nSPS) is 10.5. The van der Waals surface area contributed by atoms with Gasteiger partial charge in [-0.1, -0.05) is 48.0 Å². The molecule has 3 rings (SSSR count). The molecule has 0 radical (unpaired) electrons. The van der Waals surface area contributed by atoms with Crippen molar-refractivity contribution in [1.29, 1.82) is 0 Å². The average molecular weight is 277 g/mol. The first-order valence-electron chi connectivity index (χ1n) is 6.74. The molecule has 0 saturated heterocycles. The summed E-state index contributed by atoms with van der Waals surface area (Å²) in [7, 11) is 0. The fraction of sp³-hybridized carbons (Fsp3) is 0.0556. The average Bonchev–Trinajstić information content (AvgIpc) is 2.49. The maximum Gasteiger partial charge on any atom is 0.337 e. The van der Waals surface area contributed by atoms with Gasteiger partial charge in [-0.3, -0.25) is 0 Å². The van der Waals surface area contributed by atoms with Gasteiger partial charge in [-0.25, -0.2) is 4.79 Å². The summed E-state index contributed by atoms with van der Waals surface area (Å²) in [6, 6.07) is 19.3. The minimum absolute atomic E-state index is 0.280. The third-order valence-electron chi connectivity index (χ3n) is 3.46. The van der Waals surface area contributed by atoms with Crippen LogP contribution in [0.5, 0.6) is 0 Å². The molecular weight excluding hydrogens is 262 g/mol. The predicted octanol–water partition coefficient (Wildman–Crippen LogP) is 4.59. The van der Waals surface area contributed by atoms with Gasteiger partial charge in [-0.05, 0) is 30.5 Å². The Hall–Kier alpha value is -2.81. The zero-order chi connectivity index (χ0) is 14.8. The molecule has 3 aromatic carbocycles. The third kappa shape index (κ3) is 2.58. The van der Waals surface area contributed by atoms with Crippen LogP contribution >= 0.6 is 0 Å². The number of carbonyl (C=O) groups is 1. The maximum absolute atomic E-state index is 11.4. The Kier molecular flexibility index (Phi) is 3.32. The largest absolute Gasteiger partial charge is 0.478 e. The molecule has 3 heteroatoms. The summed E-state index contributed by atoms with van der Waals surface area (Å²) in [6.07, 6.45) is 0. The summed E-state index contributed by atoms with van der Waals surface area (Å²) in [4.78, 5) is 11.4. The number of hydrogen-bond acceptors (Lipinski definition) is 2. The van der Waals surface area contributed by atoms with Crippen LogP contribution in [0.3, 0.4) is 0 Å². The Morgan fingerprint density at radius 3 is 2.52 bits per heavy atom. The minimum Gasteiger partial charge on any atom is -0.478 e. The molecule has 2 N–H and O–H groups in total. The summed E-state index contributed by atoms with van der Waals surface area (Å²) < 4.78 is 0. The van der Waals surface area contributed by atoms with Gasteiger partial charge in [0.2, 0.25) is 0 Å². The van der Waals surface area contributed by atoms with Gasteiger partial charge in [0.1, 0.15) is 0 Å². The van der Waals surface area contributed by atoms with E-state index in [-0.39, 0.29) is 5.56 Å². The van der Waals surface area contributed by atoms with E-state index in [9.17, 15) is 9.90 Å². The first kappa shape index (κ1) is 13.2. The van der Waals surface area contributed by atoms with Crippen molar-refractivity contribution in [2.24, 2.45) is 0 Å². The van der Waals surface area contributed by atoms with E-state index in [2.05, 4.69) is 5.32 Å². The number of hydrogen-bond donors (Lipinski definition) is 2. The lowest BCUT2D eigenvalue weighted by Crippen LogP contribution is -2.03. The number of benzene rings is 3. The van der Waals surface area contributed by atoms with Crippen LogP contribution in [0.1, 0.15) is 15.9 Å². The van der Waals surface area contributed by atoms with Crippen LogP contribution in [0.2, 0.25) is 0 Å². The molecule has 0 aliphatic carbocycles. The molecule has 3 aromatic rings. The quantitative estimate of drug-likeness (QED) is 0.736. The van der Waals surface area contributed by atoms with Crippen LogP contribution in [0.15, 0.2) is 60.7 Å². The molecule has 0 heterocycles.